The summed E-state index contributed by atoms with van der Waals surface area (Å²) in [6.45, 7) is -0.0222. The van der Waals surface area contributed by atoms with Crippen LogP contribution in [0.1, 0.15) is 16.7 Å². The van der Waals surface area contributed by atoms with E-state index >= 15 is 0 Å². The van der Waals surface area contributed by atoms with Crippen molar-refractivity contribution in [3.8, 4) is 17.9 Å². The van der Waals surface area contributed by atoms with Gasteiger partial charge in [0.25, 0.3) is 0 Å². The molecule has 6 nitrogen and oxygen atoms in total. The van der Waals surface area contributed by atoms with Crippen molar-refractivity contribution < 1.29 is 9.09 Å². The van der Waals surface area contributed by atoms with Crippen LogP contribution in [0.25, 0.3) is 6.08 Å². The minimum absolute atomic E-state index is 0.0339. The molecule has 0 spiro atoms. The molecule has 0 N–H and O–H groups in total. The molecule has 4 rings (SSSR count). The van der Waals surface area contributed by atoms with Crippen LogP contribution in [-0.2, 0) is 4.57 Å². The first-order valence-corrected chi connectivity index (χ1v) is 16.7. The van der Waals surface area contributed by atoms with Gasteiger partial charge in [-0.25, -0.2) is 0 Å². The summed E-state index contributed by atoms with van der Waals surface area (Å²) in [4.78, 5) is 0. The predicted molar refractivity (Wildman–Crippen MR) is 146 cm³/mol. The van der Waals surface area contributed by atoms with Crippen LogP contribution in [-0.4, -0.2) is 0 Å². The number of hydrogen-bond donors (Lipinski definition) is 0. The van der Waals surface area contributed by atoms with E-state index in [4.69, 9.17) is 48.8 Å². The number of halogens is 3. The van der Waals surface area contributed by atoms with Gasteiger partial charge in [0.15, 0.2) is 0 Å². The van der Waals surface area contributed by atoms with Crippen molar-refractivity contribution >= 4 is 63.8 Å². The van der Waals surface area contributed by atoms with Crippen LogP contribution in [0.15, 0.2) is 78.4 Å². The van der Waals surface area contributed by atoms with E-state index in [1.54, 1.807) is 60.7 Å². The van der Waals surface area contributed by atoms with Crippen molar-refractivity contribution in [1.29, 1.82) is 10.5 Å². The van der Waals surface area contributed by atoms with Crippen molar-refractivity contribution in [2.45, 2.75) is 13.8 Å². The molecule has 0 aromatic heterocycles. The molecule has 0 saturated carbocycles. The van der Waals surface area contributed by atoms with Crippen molar-refractivity contribution in [2.24, 2.45) is 0 Å². The molecule has 0 atom stereocenters. The zero-order valence-electron chi connectivity index (χ0n) is 18.6. The molecular formula is C24H19Cl3N4O2P2. The third kappa shape index (κ3) is 4.50. The van der Waals surface area contributed by atoms with Gasteiger partial charge < -0.3 is 0 Å². The van der Waals surface area contributed by atoms with Crippen LogP contribution >= 0.6 is 46.4 Å². The van der Waals surface area contributed by atoms with Gasteiger partial charge in [0.2, 0.25) is 0 Å². The molecule has 178 valence electrons. The molecular weight excluding hydrogens is 545 g/mol. The molecule has 0 bridgehead atoms. The number of aryl methyl sites for hydroxylation is 2. The monoisotopic (exact) mass is 562 g/mol. The Morgan fingerprint density at radius 3 is 1.83 bits per heavy atom. The standard InChI is InChI=1S/C24H19Cl3N4O2P2/c1-18-5-3-7-22(13-18)30-34(25,32)31(23-8-4-6-19(2)14-23)35(30,26,27)33-24-11-9-20(10-12-24)15-21(16-28)17-29/h3-15H,1-2H3. The molecule has 1 aliphatic heterocycles. The Kier molecular flexibility index (Phi) is 6.58. The summed E-state index contributed by atoms with van der Waals surface area (Å²) >= 11 is 21.1. The van der Waals surface area contributed by atoms with E-state index in [0.29, 0.717) is 22.7 Å². The molecule has 1 heterocycles. The van der Waals surface area contributed by atoms with Gasteiger partial charge in [0.1, 0.15) is 0 Å². The van der Waals surface area contributed by atoms with Gasteiger partial charge >= 0.3 is 219 Å². The number of benzene rings is 3. The second kappa shape index (κ2) is 9.07. The molecule has 0 amide bonds. The Hall–Kier alpha value is -2.69. The molecule has 11 heteroatoms. The average Bonchev–Trinajstić information content (AvgIpc) is 2.77. The van der Waals surface area contributed by atoms with Crippen molar-refractivity contribution in [3.05, 3.63) is 95.1 Å². The number of allylic oxidation sites excluding steroid dienone is 1. The first kappa shape index (κ1) is 25.4. The number of hydrogen-bond acceptors (Lipinski definition) is 4. The first-order valence-electron chi connectivity index (χ1n) is 10.3. The van der Waals surface area contributed by atoms with Crippen LogP contribution in [0.4, 0.5) is 11.4 Å². The number of nitrogens with zero attached hydrogens (tertiary/aromatic N) is 4. The first-order chi connectivity index (χ1) is 16.5. The Morgan fingerprint density at radius 2 is 1.40 bits per heavy atom. The molecule has 1 saturated heterocycles. The molecule has 0 aliphatic carbocycles. The van der Waals surface area contributed by atoms with E-state index in [2.05, 4.69) is 0 Å². The van der Waals surface area contributed by atoms with Crippen LogP contribution in [0.3, 0.4) is 0 Å². The van der Waals surface area contributed by atoms with E-state index in [-0.39, 0.29) is 5.57 Å². The van der Waals surface area contributed by atoms with Gasteiger partial charge in [-0.3, -0.25) is 0 Å². The maximum atomic E-state index is 13.9. The van der Waals surface area contributed by atoms with E-state index in [0.717, 1.165) is 11.1 Å². The topological polar surface area (TPSA) is 80.4 Å². The summed E-state index contributed by atoms with van der Waals surface area (Å²) in [5.74, 6) is -4.34. The van der Waals surface area contributed by atoms with Gasteiger partial charge in [0, 0.05) is 0 Å². The average molecular weight is 564 g/mol. The van der Waals surface area contributed by atoms with Gasteiger partial charge in [-0.15, -0.1) is 0 Å². The molecule has 1 fully saturated rings. The molecule has 0 unspecified atom stereocenters. The van der Waals surface area contributed by atoms with Crippen molar-refractivity contribution in [1.82, 2.24) is 0 Å². The van der Waals surface area contributed by atoms with Crippen molar-refractivity contribution in [3.63, 3.8) is 0 Å². The fourth-order valence-corrected chi connectivity index (χ4v) is 18.9. The van der Waals surface area contributed by atoms with Gasteiger partial charge in [-0.1, -0.05) is 0 Å². The van der Waals surface area contributed by atoms with E-state index in [1.807, 2.05) is 38.1 Å². The molecule has 35 heavy (non-hydrogen) atoms. The van der Waals surface area contributed by atoms with Crippen LogP contribution in [0, 0.1) is 36.5 Å². The van der Waals surface area contributed by atoms with E-state index in [9.17, 15) is 4.57 Å². The summed E-state index contributed by atoms with van der Waals surface area (Å²) in [5.41, 5.74) is 3.34. The zero-order chi connectivity index (χ0) is 25.5. The van der Waals surface area contributed by atoms with Gasteiger partial charge in [0.05, 0.1) is 0 Å². The van der Waals surface area contributed by atoms with Crippen LogP contribution in [0.5, 0.6) is 5.75 Å². The van der Waals surface area contributed by atoms with Crippen LogP contribution in [0.2, 0.25) is 0 Å². The zero-order valence-corrected chi connectivity index (χ0v) is 22.7. The number of anilines is 2. The minimum atomic E-state index is -4.64. The summed E-state index contributed by atoms with van der Waals surface area (Å²) in [6, 6.07) is 24.6. The molecule has 0 radical (unpaired) electrons. The summed E-state index contributed by atoms with van der Waals surface area (Å²) in [7, 11) is 0. The predicted octanol–water partition coefficient (Wildman–Crippen LogP) is 9.09. The molecule has 1 aliphatic rings. The van der Waals surface area contributed by atoms with E-state index < -0.39 is 12.6 Å². The SMILES string of the molecule is Cc1cccc(N2P(=O)(Cl)N(c3cccc(C)c3)P2(Cl)(Cl)Oc2ccc(C=C(C#N)C#N)cc2)c1. The third-order valence-electron chi connectivity index (χ3n) is 5.23. The Labute approximate surface area is 218 Å². The normalized spacial score (nSPS) is 20.8. The van der Waals surface area contributed by atoms with Crippen molar-refractivity contribution in [2.75, 3.05) is 8.88 Å². The molecule has 3 aromatic rings. The second-order valence-corrected chi connectivity index (χ2v) is 18.3. The number of nitriles is 2. The summed E-state index contributed by atoms with van der Waals surface area (Å²) < 4.78 is 22.8. The van der Waals surface area contributed by atoms with Crippen LogP contribution < -0.4 is 13.4 Å². The maximum absolute atomic E-state index is 13.9. The Morgan fingerprint density at radius 1 is 0.914 bits per heavy atom. The quantitative estimate of drug-likeness (QED) is 0.227. The number of rotatable bonds is 5. The fourth-order valence-electron chi connectivity index (χ4n) is 3.78. The fraction of sp³-hybridized carbons (Fsp3) is 0.0833. The summed E-state index contributed by atoms with van der Waals surface area (Å²) in [5, 5.41) is 18.0. The Balaban J connectivity index is 1.83. The van der Waals surface area contributed by atoms with Gasteiger partial charge in [-0.2, -0.15) is 0 Å². The second-order valence-electron chi connectivity index (χ2n) is 7.93. The molecule has 3 aromatic carbocycles. The summed E-state index contributed by atoms with van der Waals surface area (Å²) in [6.07, 6.45) is 1.45. The van der Waals surface area contributed by atoms with Gasteiger partial charge in [-0.05, 0) is 0 Å². The third-order valence-corrected chi connectivity index (χ3v) is 17.3. The Bertz CT molecular complexity index is 1400. The van der Waals surface area contributed by atoms with E-state index in [1.165, 1.54) is 15.0 Å².